The van der Waals surface area contributed by atoms with Crippen LogP contribution in [-0.4, -0.2) is 67.8 Å². The number of likely N-dealkylation sites (tertiary alicyclic amines) is 1. The van der Waals surface area contributed by atoms with Crippen molar-refractivity contribution in [2.24, 2.45) is 34.5 Å². The molecule has 2 amide bonds. The monoisotopic (exact) mass is 448 g/mol. The molecule has 0 aromatic carbocycles. The molecule has 3 aliphatic carbocycles. The van der Waals surface area contributed by atoms with Gasteiger partial charge in [-0.05, 0) is 81.0 Å². The van der Waals surface area contributed by atoms with E-state index in [1.54, 1.807) is 14.2 Å². The molecule has 7 atom stereocenters. The van der Waals surface area contributed by atoms with E-state index in [0.717, 1.165) is 51.6 Å². The summed E-state index contributed by atoms with van der Waals surface area (Å²) in [5, 5.41) is 0. The first kappa shape index (κ1) is 24.0. The Morgan fingerprint density at radius 1 is 1.00 bits per heavy atom. The predicted molar refractivity (Wildman–Crippen MR) is 124 cm³/mol. The van der Waals surface area contributed by atoms with Crippen LogP contribution in [-0.2, 0) is 19.1 Å². The molecule has 4 rings (SSSR count). The van der Waals surface area contributed by atoms with E-state index in [1.807, 2.05) is 16.8 Å². The highest BCUT2D eigenvalue weighted by Gasteiger charge is 2.66. The standard InChI is InChI=1S/C26H44N2O4/c1-8-28(9-2)22(29)20-12-11-18-17-10-13-21-25(4,19(17)14-15-24(18,20)3)16-26(31-6,32-7)23(30)27(21)5/h17-21H,8-16H2,1-7H3/t17-,18-,19-,20+,21+,24-,25+/m0/s1. The third kappa shape index (κ3) is 3.11. The number of likely N-dealkylation sites (N-methyl/N-ethyl adjacent to an activating group) is 1. The molecule has 1 saturated heterocycles. The first-order chi connectivity index (χ1) is 15.1. The number of amides is 2. The van der Waals surface area contributed by atoms with Crippen LogP contribution in [0.5, 0.6) is 0 Å². The fourth-order valence-corrected chi connectivity index (χ4v) is 8.87. The van der Waals surface area contributed by atoms with Gasteiger partial charge in [-0.2, -0.15) is 0 Å². The van der Waals surface area contributed by atoms with E-state index in [0.29, 0.717) is 30.1 Å². The first-order valence-electron chi connectivity index (χ1n) is 12.8. The maximum Gasteiger partial charge on any atom is 0.282 e. The van der Waals surface area contributed by atoms with E-state index in [1.165, 1.54) is 0 Å². The summed E-state index contributed by atoms with van der Waals surface area (Å²) in [6.07, 6.45) is 7.21. The molecular formula is C26H44N2O4. The Balaban J connectivity index is 1.64. The maximum absolute atomic E-state index is 13.4. The highest BCUT2D eigenvalue weighted by molar-refractivity contribution is 5.85. The highest BCUT2D eigenvalue weighted by Crippen LogP contribution is 2.67. The molecule has 182 valence electrons. The second-order valence-electron chi connectivity index (χ2n) is 11.4. The number of piperidine rings is 1. The summed E-state index contributed by atoms with van der Waals surface area (Å²) in [4.78, 5) is 30.5. The average molecular weight is 449 g/mol. The zero-order chi connectivity index (χ0) is 23.5. The zero-order valence-corrected chi connectivity index (χ0v) is 21.3. The number of hydrogen-bond donors (Lipinski definition) is 0. The third-order valence-corrected chi connectivity index (χ3v) is 10.6. The lowest BCUT2D eigenvalue weighted by atomic mass is 9.46. The van der Waals surface area contributed by atoms with E-state index in [-0.39, 0.29) is 28.7 Å². The topological polar surface area (TPSA) is 59.1 Å². The van der Waals surface area contributed by atoms with Crippen LogP contribution in [0.15, 0.2) is 0 Å². The Morgan fingerprint density at radius 3 is 2.22 bits per heavy atom. The number of nitrogens with zero attached hydrogens (tertiary/aromatic N) is 2. The van der Waals surface area contributed by atoms with Gasteiger partial charge in [0.25, 0.3) is 5.91 Å². The van der Waals surface area contributed by atoms with Crippen molar-refractivity contribution < 1.29 is 19.1 Å². The van der Waals surface area contributed by atoms with E-state index in [9.17, 15) is 9.59 Å². The molecule has 6 heteroatoms. The number of carbonyl (C=O) groups excluding carboxylic acids is 2. The number of rotatable bonds is 5. The quantitative estimate of drug-likeness (QED) is 0.598. The molecule has 1 aliphatic heterocycles. The molecular weight excluding hydrogens is 404 g/mol. The number of hydrogen-bond acceptors (Lipinski definition) is 4. The van der Waals surface area contributed by atoms with E-state index >= 15 is 0 Å². The second-order valence-corrected chi connectivity index (χ2v) is 11.4. The van der Waals surface area contributed by atoms with Crippen molar-refractivity contribution in [3.8, 4) is 0 Å². The fourth-order valence-electron chi connectivity index (χ4n) is 8.87. The lowest BCUT2D eigenvalue weighted by Gasteiger charge is -2.63. The minimum atomic E-state index is -1.18. The van der Waals surface area contributed by atoms with Gasteiger partial charge in [-0.1, -0.05) is 13.8 Å². The van der Waals surface area contributed by atoms with Gasteiger partial charge in [0.05, 0.1) is 0 Å². The summed E-state index contributed by atoms with van der Waals surface area (Å²) < 4.78 is 11.5. The van der Waals surface area contributed by atoms with Crippen LogP contribution in [0.3, 0.4) is 0 Å². The van der Waals surface area contributed by atoms with Gasteiger partial charge in [0, 0.05) is 52.7 Å². The number of fused-ring (bicyclic) bond motifs is 5. The largest absolute Gasteiger partial charge is 0.346 e. The lowest BCUT2D eigenvalue weighted by Crippen LogP contribution is -2.69. The van der Waals surface area contributed by atoms with Crippen LogP contribution in [0, 0.1) is 34.5 Å². The second kappa shape index (κ2) is 8.26. The normalized spacial score (nSPS) is 42.8. The van der Waals surface area contributed by atoms with Gasteiger partial charge >= 0.3 is 0 Å². The van der Waals surface area contributed by atoms with Gasteiger partial charge in [-0.3, -0.25) is 9.59 Å². The van der Waals surface area contributed by atoms with Crippen molar-refractivity contribution in [3.63, 3.8) is 0 Å². The van der Waals surface area contributed by atoms with Crippen LogP contribution < -0.4 is 0 Å². The van der Waals surface area contributed by atoms with E-state index in [2.05, 4.69) is 27.7 Å². The first-order valence-corrected chi connectivity index (χ1v) is 12.8. The highest BCUT2D eigenvalue weighted by atomic mass is 16.7. The van der Waals surface area contributed by atoms with E-state index < -0.39 is 5.79 Å². The lowest BCUT2D eigenvalue weighted by molar-refractivity contribution is -0.264. The van der Waals surface area contributed by atoms with Gasteiger partial charge in [-0.25, -0.2) is 0 Å². The smallest absolute Gasteiger partial charge is 0.282 e. The summed E-state index contributed by atoms with van der Waals surface area (Å²) in [6.45, 7) is 10.6. The molecule has 0 radical (unpaired) electrons. The van der Waals surface area contributed by atoms with Crippen LogP contribution >= 0.6 is 0 Å². The van der Waals surface area contributed by atoms with Crippen molar-refractivity contribution in [3.05, 3.63) is 0 Å². The van der Waals surface area contributed by atoms with E-state index in [4.69, 9.17) is 9.47 Å². The van der Waals surface area contributed by atoms with Crippen LogP contribution in [0.4, 0.5) is 0 Å². The molecule has 4 fully saturated rings. The van der Waals surface area contributed by atoms with Gasteiger partial charge in [-0.15, -0.1) is 0 Å². The molecule has 6 nitrogen and oxygen atoms in total. The molecule has 4 aliphatic rings. The van der Waals surface area contributed by atoms with Crippen molar-refractivity contribution in [1.82, 2.24) is 9.80 Å². The maximum atomic E-state index is 13.4. The third-order valence-electron chi connectivity index (χ3n) is 10.6. The Hall–Kier alpha value is -1.14. The Labute approximate surface area is 194 Å². The van der Waals surface area contributed by atoms with Gasteiger partial charge in [0.2, 0.25) is 11.7 Å². The Morgan fingerprint density at radius 2 is 1.62 bits per heavy atom. The summed E-state index contributed by atoms with van der Waals surface area (Å²) in [7, 11) is 5.12. The minimum Gasteiger partial charge on any atom is -0.346 e. The SMILES string of the molecule is CCN(CC)C(=O)[C@H]1CC[C@H]2[C@@H]3CC[C@H]4N(C)C(=O)C(OC)(OC)C[C@]4(C)[C@H]3CC[C@]12C. The van der Waals surface area contributed by atoms with Crippen molar-refractivity contribution in [2.75, 3.05) is 34.4 Å². The summed E-state index contributed by atoms with van der Waals surface area (Å²) >= 11 is 0. The number of ether oxygens (including phenoxy) is 2. The predicted octanol–water partition coefficient (Wildman–Crippen LogP) is 3.93. The molecule has 0 spiro atoms. The number of carbonyl (C=O) groups is 2. The average Bonchev–Trinajstić information content (AvgIpc) is 3.14. The zero-order valence-electron chi connectivity index (χ0n) is 21.3. The molecule has 0 unspecified atom stereocenters. The van der Waals surface area contributed by atoms with Gasteiger partial charge < -0.3 is 19.3 Å². The molecule has 32 heavy (non-hydrogen) atoms. The summed E-state index contributed by atoms with van der Waals surface area (Å²) in [5.74, 6) is 1.03. The van der Waals surface area contributed by atoms with Crippen LogP contribution in [0.1, 0.15) is 72.6 Å². The molecule has 1 heterocycles. The number of methoxy groups -OCH3 is 2. The molecule has 0 aromatic heterocycles. The van der Waals surface area contributed by atoms with Crippen molar-refractivity contribution >= 4 is 11.8 Å². The van der Waals surface area contributed by atoms with Crippen LogP contribution in [0.2, 0.25) is 0 Å². The minimum absolute atomic E-state index is 0.0418. The van der Waals surface area contributed by atoms with Crippen molar-refractivity contribution in [1.29, 1.82) is 0 Å². The summed E-state index contributed by atoms with van der Waals surface area (Å²) in [5.41, 5.74) is 0.0555. The Kier molecular flexibility index (Phi) is 6.20. The molecule has 0 aromatic rings. The molecule has 0 N–H and O–H groups in total. The summed E-state index contributed by atoms with van der Waals surface area (Å²) in [6, 6.07) is 0.230. The fraction of sp³-hybridized carbons (Fsp3) is 0.923. The molecule has 3 saturated carbocycles. The van der Waals surface area contributed by atoms with Gasteiger partial charge in [0.15, 0.2) is 0 Å². The molecule has 0 bridgehead atoms. The van der Waals surface area contributed by atoms with Crippen molar-refractivity contribution in [2.45, 2.75) is 84.5 Å². The Bertz CT molecular complexity index is 748. The van der Waals surface area contributed by atoms with Gasteiger partial charge in [0.1, 0.15) is 0 Å². The van der Waals surface area contributed by atoms with Crippen LogP contribution in [0.25, 0.3) is 0 Å².